The molecule has 1 heterocycles. The van der Waals surface area contributed by atoms with Crippen LogP contribution in [-0.2, 0) is 6.42 Å². The lowest BCUT2D eigenvalue weighted by atomic mass is 9.96. The molecule has 0 atom stereocenters. The fourth-order valence-electron chi connectivity index (χ4n) is 3.87. The van der Waals surface area contributed by atoms with Gasteiger partial charge in [0.2, 0.25) is 0 Å². The normalized spacial score (nSPS) is 14.1. The molecule has 0 aliphatic heterocycles. The van der Waals surface area contributed by atoms with Crippen molar-refractivity contribution in [3.8, 4) is 6.19 Å². The Balaban J connectivity index is 0.000000968. The van der Waals surface area contributed by atoms with Crippen molar-refractivity contribution >= 4 is 37.1 Å². The fourth-order valence-corrected chi connectivity index (χ4v) is 4.94. The first-order chi connectivity index (χ1) is 16.1. The Bertz CT molecular complexity index is 1340. The monoisotopic (exact) mass is 451 g/mol. The van der Waals surface area contributed by atoms with E-state index in [0.717, 1.165) is 30.5 Å². The lowest BCUT2D eigenvalue weighted by Crippen LogP contribution is -1.98. The van der Waals surface area contributed by atoms with Crippen LogP contribution in [0.3, 0.4) is 0 Å². The maximum atomic E-state index is 7.10. The fraction of sp³-hybridized carbons (Fsp3) is 0.138. The van der Waals surface area contributed by atoms with E-state index in [4.69, 9.17) is 11.0 Å². The Morgan fingerprint density at radius 2 is 1.91 bits per heavy atom. The summed E-state index contributed by atoms with van der Waals surface area (Å²) in [7, 11) is 0. The van der Waals surface area contributed by atoms with E-state index in [1.165, 1.54) is 43.1 Å². The van der Waals surface area contributed by atoms with Crippen LogP contribution in [0.2, 0.25) is 0 Å². The number of fused-ring (bicyclic) bond motifs is 3. The highest BCUT2D eigenvalue weighted by Crippen LogP contribution is 2.37. The van der Waals surface area contributed by atoms with Gasteiger partial charge in [0.15, 0.2) is 6.19 Å². The summed E-state index contributed by atoms with van der Waals surface area (Å²) in [5.74, 6) is 0. The summed E-state index contributed by atoms with van der Waals surface area (Å²) in [6.07, 6.45) is 20.9. The van der Waals surface area contributed by atoms with Crippen LogP contribution in [-0.4, -0.2) is 0 Å². The molecule has 0 saturated carbocycles. The molecule has 4 heteroatoms. The molecule has 0 spiro atoms. The van der Waals surface area contributed by atoms with Gasteiger partial charge >= 0.3 is 0 Å². The molecule has 1 aliphatic carbocycles. The summed E-state index contributed by atoms with van der Waals surface area (Å²) >= 11 is 1.87. The molecule has 0 fully saturated rings. The first-order valence-corrected chi connectivity index (χ1v) is 11.7. The van der Waals surface area contributed by atoms with Crippen LogP contribution < -0.4 is 11.5 Å². The van der Waals surface area contributed by atoms with Crippen LogP contribution in [0, 0.1) is 11.5 Å². The minimum atomic E-state index is 0.738. The van der Waals surface area contributed by atoms with Gasteiger partial charge in [-0.25, -0.2) is 0 Å². The smallest absolute Gasteiger partial charge is 0.173 e. The third kappa shape index (κ3) is 5.91. The summed E-state index contributed by atoms with van der Waals surface area (Å²) in [5, 5.41) is 9.81. The number of nitriles is 1. The minimum absolute atomic E-state index is 0.738. The summed E-state index contributed by atoms with van der Waals surface area (Å²) in [6.45, 7) is 5.76. The number of hydrogen-bond acceptors (Lipinski definition) is 4. The highest BCUT2D eigenvalue weighted by atomic mass is 32.1. The first kappa shape index (κ1) is 23.8. The van der Waals surface area contributed by atoms with Crippen molar-refractivity contribution in [3.63, 3.8) is 0 Å². The molecule has 3 nitrogen and oxygen atoms in total. The maximum Gasteiger partial charge on any atom is 0.173 e. The third-order valence-corrected chi connectivity index (χ3v) is 6.70. The van der Waals surface area contributed by atoms with E-state index in [1.54, 1.807) is 6.08 Å². The summed E-state index contributed by atoms with van der Waals surface area (Å²) in [6, 6.07) is 13.7. The molecule has 1 aliphatic rings. The van der Waals surface area contributed by atoms with Crippen LogP contribution in [0.5, 0.6) is 0 Å². The molecule has 33 heavy (non-hydrogen) atoms. The van der Waals surface area contributed by atoms with E-state index in [1.807, 2.05) is 36.5 Å². The highest BCUT2D eigenvalue weighted by Gasteiger charge is 2.09. The first-order valence-electron chi connectivity index (χ1n) is 10.9. The summed E-state index contributed by atoms with van der Waals surface area (Å²) in [4.78, 5) is 0. The lowest BCUT2D eigenvalue weighted by Gasteiger charge is -2.09. The molecule has 166 valence electrons. The summed E-state index contributed by atoms with van der Waals surface area (Å²) in [5.41, 5.74) is 16.0. The zero-order chi connectivity index (χ0) is 23.6. The number of rotatable bonds is 6. The second-order valence-corrected chi connectivity index (χ2v) is 8.72. The average molecular weight is 452 g/mol. The molecule has 1 aromatic heterocycles. The second-order valence-electron chi connectivity index (χ2n) is 7.63. The van der Waals surface area contributed by atoms with Crippen molar-refractivity contribution in [2.24, 2.45) is 11.5 Å². The number of allylic oxidation sites excluding steroid dienone is 9. The van der Waals surface area contributed by atoms with E-state index >= 15 is 0 Å². The quantitative estimate of drug-likeness (QED) is 0.235. The van der Waals surface area contributed by atoms with Crippen LogP contribution in [0.15, 0.2) is 103 Å². The number of benzene rings is 2. The molecule has 0 radical (unpaired) electrons. The van der Waals surface area contributed by atoms with Gasteiger partial charge in [-0.15, -0.1) is 11.3 Å². The molecule has 2 aromatic carbocycles. The number of nitrogens with zero attached hydrogens (tertiary/aromatic N) is 1. The number of hydrogen-bond donors (Lipinski definition) is 2. The van der Waals surface area contributed by atoms with Crippen molar-refractivity contribution in [1.82, 2.24) is 0 Å². The predicted octanol–water partition coefficient (Wildman–Crippen LogP) is 7.29. The zero-order valence-electron chi connectivity index (χ0n) is 18.9. The topological polar surface area (TPSA) is 75.8 Å². The van der Waals surface area contributed by atoms with Crippen LogP contribution in [0.1, 0.15) is 30.9 Å². The van der Waals surface area contributed by atoms with Crippen molar-refractivity contribution in [2.75, 3.05) is 0 Å². The van der Waals surface area contributed by atoms with E-state index in [-0.39, 0.29) is 0 Å². The number of thiophene rings is 1. The Hall–Kier alpha value is -3.81. The van der Waals surface area contributed by atoms with Gasteiger partial charge in [0.1, 0.15) is 0 Å². The number of nitrogens with two attached hydrogens (primary N) is 2. The minimum Gasteiger partial charge on any atom is -0.398 e. The predicted molar refractivity (Wildman–Crippen MR) is 145 cm³/mol. The van der Waals surface area contributed by atoms with Crippen LogP contribution in [0.25, 0.3) is 25.7 Å². The van der Waals surface area contributed by atoms with E-state index in [0.29, 0.717) is 0 Å². The Kier molecular flexibility index (Phi) is 8.46. The maximum absolute atomic E-state index is 7.10. The van der Waals surface area contributed by atoms with Gasteiger partial charge in [-0.3, -0.25) is 0 Å². The Labute approximate surface area is 200 Å². The Morgan fingerprint density at radius 3 is 2.58 bits per heavy atom. The average Bonchev–Trinajstić information content (AvgIpc) is 3.21. The lowest BCUT2D eigenvalue weighted by molar-refractivity contribution is 1.05. The summed E-state index contributed by atoms with van der Waals surface area (Å²) < 4.78 is 2.70. The molecule has 3 aromatic rings. The molecule has 4 rings (SSSR count). The third-order valence-electron chi connectivity index (χ3n) is 5.55. The van der Waals surface area contributed by atoms with E-state index in [9.17, 15) is 0 Å². The van der Waals surface area contributed by atoms with Gasteiger partial charge in [0.25, 0.3) is 0 Å². The molecular weight excluding hydrogens is 422 g/mol. The molecule has 0 unspecified atom stereocenters. The van der Waals surface area contributed by atoms with Crippen LogP contribution >= 0.6 is 11.3 Å². The van der Waals surface area contributed by atoms with Crippen LogP contribution in [0.4, 0.5) is 0 Å². The molecule has 0 amide bonds. The van der Waals surface area contributed by atoms with Gasteiger partial charge in [0, 0.05) is 25.9 Å². The van der Waals surface area contributed by atoms with Crippen molar-refractivity contribution in [2.45, 2.75) is 26.2 Å². The molecular formula is C29H29N3S. The van der Waals surface area contributed by atoms with Gasteiger partial charge < -0.3 is 11.5 Å². The van der Waals surface area contributed by atoms with Gasteiger partial charge in [-0.1, -0.05) is 61.2 Å². The highest BCUT2D eigenvalue weighted by molar-refractivity contribution is 7.25. The van der Waals surface area contributed by atoms with Gasteiger partial charge in [-0.2, -0.15) is 5.26 Å². The van der Waals surface area contributed by atoms with Gasteiger partial charge in [-0.05, 0) is 78.8 Å². The van der Waals surface area contributed by atoms with Crippen molar-refractivity contribution in [1.29, 1.82) is 5.26 Å². The van der Waals surface area contributed by atoms with E-state index < -0.39 is 0 Å². The molecule has 0 bridgehead atoms. The zero-order valence-corrected chi connectivity index (χ0v) is 19.7. The van der Waals surface area contributed by atoms with Crippen molar-refractivity contribution in [3.05, 3.63) is 114 Å². The van der Waals surface area contributed by atoms with Gasteiger partial charge in [0.05, 0.1) is 0 Å². The van der Waals surface area contributed by atoms with Crippen molar-refractivity contribution < 1.29 is 0 Å². The second kappa shape index (κ2) is 11.7. The van der Waals surface area contributed by atoms with E-state index in [2.05, 4.69) is 73.0 Å². The SMILES string of the molecule is C=CC(=C\C)/C(N)=C/C=C\Cc1ccc2sc3ccc(C4=CC=CCC4)cc3c2c1.N#CN. The Morgan fingerprint density at radius 1 is 1.18 bits per heavy atom. The molecule has 4 N–H and O–H groups in total. The standard InChI is InChI=1S/C28H27NS.CH2N2/c1-3-21(4-2)26(29)13-9-8-10-20-14-16-27-24(18-20)25-19-23(15-17-28(25)30-27)22-11-6-5-7-12-22;2-1-3/h3-6,8-9,11,13-19H,1,7,10,12,29H2,2H3;2H2/b9-8-,21-4+,26-13-;. The largest absolute Gasteiger partial charge is 0.398 e. The molecule has 0 saturated heterocycles.